The first kappa shape index (κ1) is 16.5. The first-order valence-corrected chi connectivity index (χ1v) is 8.10. The van der Waals surface area contributed by atoms with E-state index in [1.807, 2.05) is 25.1 Å². The van der Waals surface area contributed by atoms with Gasteiger partial charge in [0.25, 0.3) is 0 Å². The van der Waals surface area contributed by atoms with E-state index in [-0.39, 0.29) is 24.1 Å². The zero-order valence-electron chi connectivity index (χ0n) is 13.8. The number of likely N-dealkylation sites (tertiary alicyclic amines) is 1. The third-order valence-corrected chi connectivity index (χ3v) is 4.46. The third-order valence-electron chi connectivity index (χ3n) is 4.46. The average molecular weight is 330 g/mol. The zero-order chi connectivity index (χ0) is 17.1. The van der Waals surface area contributed by atoms with Gasteiger partial charge in [-0.15, -0.1) is 0 Å². The van der Waals surface area contributed by atoms with E-state index < -0.39 is 0 Å². The van der Waals surface area contributed by atoms with E-state index in [4.69, 9.17) is 9.47 Å². The molecule has 0 unspecified atom stereocenters. The fourth-order valence-electron chi connectivity index (χ4n) is 3.24. The van der Waals surface area contributed by atoms with Crippen LogP contribution >= 0.6 is 0 Å². The second kappa shape index (κ2) is 7.05. The van der Waals surface area contributed by atoms with Crippen molar-refractivity contribution in [2.75, 3.05) is 26.2 Å². The molecule has 2 fully saturated rings. The molecule has 0 bridgehead atoms. The van der Waals surface area contributed by atoms with Gasteiger partial charge in [0.15, 0.2) is 0 Å². The molecule has 1 aromatic carbocycles. The Labute approximate surface area is 141 Å². The zero-order valence-corrected chi connectivity index (χ0v) is 13.8. The molecule has 2 aliphatic rings. The predicted octanol–water partition coefficient (Wildman–Crippen LogP) is 1.73. The summed E-state index contributed by atoms with van der Waals surface area (Å²) in [4.78, 5) is 27.2. The predicted molar refractivity (Wildman–Crippen MR) is 88.4 cm³/mol. The van der Waals surface area contributed by atoms with Gasteiger partial charge in [-0.2, -0.15) is 0 Å². The summed E-state index contributed by atoms with van der Waals surface area (Å²) in [5.41, 5.74) is 2.25. The Morgan fingerprint density at radius 1 is 1.46 bits per heavy atom. The highest BCUT2D eigenvalue weighted by molar-refractivity contribution is 5.87. The first-order valence-electron chi connectivity index (χ1n) is 8.10. The molecule has 2 aliphatic heterocycles. The minimum absolute atomic E-state index is 0.144. The lowest BCUT2D eigenvalue weighted by Gasteiger charge is -2.26. The molecule has 0 N–H and O–H groups in total. The molecule has 0 spiro atoms. The van der Waals surface area contributed by atoms with Crippen molar-refractivity contribution in [1.82, 2.24) is 9.80 Å². The van der Waals surface area contributed by atoms with Crippen LogP contribution in [0.4, 0.5) is 4.79 Å². The van der Waals surface area contributed by atoms with E-state index in [0.29, 0.717) is 32.8 Å². The highest BCUT2D eigenvalue weighted by Gasteiger charge is 2.43. The van der Waals surface area contributed by atoms with Crippen molar-refractivity contribution in [3.8, 4) is 0 Å². The Bertz CT molecular complexity index is 646. The SMILES string of the molecule is C=CC(=O)N1C[C@@H](N2CCOC2=O)[C@H](OCc2cccc(C)c2)C1. The number of carbonyl (C=O) groups is 2. The summed E-state index contributed by atoms with van der Waals surface area (Å²) in [5, 5.41) is 0. The van der Waals surface area contributed by atoms with Crippen LogP contribution in [0.5, 0.6) is 0 Å². The van der Waals surface area contributed by atoms with Crippen LogP contribution in [0.1, 0.15) is 11.1 Å². The molecule has 128 valence electrons. The quantitative estimate of drug-likeness (QED) is 0.772. The normalized spacial score (nSPS) is 23.5. The molecule has 2 heterocycles. The second-order valence-corrected chi connectivity index (χ2v) is 6.16. The minimum Gasteiger partial charge on any atom is -0.448 e. The van der Waals surface area contributed by atoms with Crippen LogP contribution in [0.15, 0.2) is 36.9 Å². The first-order chi connectivity index (χ1) is 11.6. The molecule has 2 atom stereocenters. The number of hydrogen-bond donors (Lipinski definition) is 0. The van der Waals surface area contributed by atoms with Gasteiger partial charge in [-0.3, -0.25) is 9.69 Å². The van der Waals surface area contributed by atoms with Crippen molar-refractivity contribution in [2.45, 2.75) is 25.7 Å². The van der Waals surface area contributed by atoms with E-state index in [1.165, 1.54) is 11.6 Å². The molecule has 2 saturated heterocycles. The highest BCUT2D eigenvalue weighted by atomic mass is 16.6. The molecule has 3 rings (SSSR count). The molecule has 1 aromatic rings. The third kappa shape index (κ3) is 3.43. The van der Waals surface area contributed by atoms with Gasteiger partial charge in [0.05, 0.1) is 25.3 Å². The maximum Gasteiger partial charge on any atom is 0.410 e. The lowest BCUT2D eigenvalue weighted by atomic mass is 10.1. The molecule has 2 amide bonds. The Morgan fingerprint density at radius 3 is 2.96 bits per heavy atom. The minimum atomic E-state index is -0.336. The lowest BCUT2D eigenvalue weighted by Crippen LogP contribution is -2.44. The summed E-state index contributed by atoms with van der Waals surface area (Å²) >= 11 is 0. The molecule has 0 aliphatic carbocycles. The summed E-state index contributed by atoms with van der Waals surface area (Å²) < 4.78 is 11.1. The number of carbonyl (C=O) groups excluding carboxylic acids is 2. The van der Waals surface area contributed by atoms with Gasteiger partial charge in [-0.25, -0.2) is 4.79 Å². The molecule has 0 saturated carbocycles. The van der Waals surface area contributed by atoms with Crippen molar-refractivity contribution in [1.29, 1.82) is 0 Å². The molecular formula is C18H22N2O4. The number of rotatable bonds is 5. The Balaban J connectivity index is 1.70. The van der Waals surface area contributed by atoms with Gasteiger partial charge >= 0.3 is 6.09 Å². The summed E-state index contributed by atoms with van der Waals surface area (Å²) in [6, 6.07) is 7.92. The Hall–Kier alpha value is -2.34. The van der Waals surface area contributed by atoms with Crippen LogP contribution < -0.4 is 0 Å². The molecular weight excluding hydrogens is 308 g/mol. The van der Waals surface area contributed by atoms with Crippen molar-refractivity contribution >= 4 is 12.0 Å². The molecule has 0 aromatic heterocycles. The monoisotopic (exact) mass is 330 g/mol. The topological polar surface area (TPSA) is 59.1 Å². The second-order valence-electron chi connectivity index (χ2n) is 6.16. The lowest BCUT2D eigenvalue weighted by molar-refractivity contribution is -0.125. The maximum absolute atomic E-state index is 11.9. The van der Waals surface area contributed by atoms with Crippen LogP contribution in [0.25, 0.3) is 0 Å². The number of amides is 2. The van der Waals surface area contributed by atoms with E-state index in [0.717, 1.165) is 5.56 Å². The van der Waals surface area contributed by atoms with Crippen molar-refractivity contribution in [3.05, 3.63) is 48.0 Å². The number of hydrogen-bond acceptors (Lipinski definition) is 4. The fraction of sp³-hybridized carbons (Fsp3) is 0.444. The number of aryl methyl sites for hydroxylation is 1. The molecule has 6 nitrogen and oxygen atoms in total. The van der Waals surface area contributed by atoms with Gasteiger partial charge in [0, 0.05) is 13.1 Å². The van der Waals surface area contributed by atoms with Crippen molar-refractivity contribution < 1.29 is 19.1 Å². The van der Waals surface area contributed by atoms with E-state index in [2.05, 4.69) is 12.6 Å². The summed E-state index contributed by atoms with van der Waals surface area (Å²) in [6.45, 7) is 7.82. The summed E-state index contributed by atoms with van der Waals surface area (Å²) in [5.74, 6) is -0.144. The molecule has 6 heteroatoms. The van der Waals surface area contributed by atoms with Crippen molar-refractivity contribution in [3.63, 3.8) is 0 Å². The average Bonchev–Trinajstić information content (AvgIpc) is 3.18. The fourth-order valence-corrected chi connectivity index (χ4v) is 3.24. The van der Waals surface area contributed by atoms with Crippen LogP contribution in [0.3, 0.4) is 0 Å². The summed E-state index contributed by atoms with van der Waals surface area (Å²) in [6.07, 6.45) is 0.722. The number of cyclic esters (lactones) is 1. The number of nitrogens with zero attached hydrogens (tertiary/aromatic N) is 2. The molecule has 0 radical (unpaired) electrons. The van der Waals surface area contributed by atoms with Crippen molar-refractivity contribution in [2.24, 2.45) is 0 Å². The smallest absolute Gasteiger partial charge is 0.410 e. The highest BCUT2D eigenvalue weighted by Crippen LogP contribution is 2.23. The van der Waals surface area contributed by atoms with Gasteiger partial charge in [-0.05, 0) is 18.6 Å². The summed E-state index contributed by atoms with van der Waals surface area (Å²) in [7, 11) is 0. The van der Waals surface area contributed by atoms with E-state index in [9.17, 15) is 9.59 Å². The number of ether oxygens (including phenoxy) is 2. The number of benzene rings is 1. The van der Waals surface area contributed by atoms with Gasteiger partial charge < -0.3 is 14.4 Å². The van der Waals surface area contributed by atoms with E-state index in [1.54, 1.807) is 9.80 Å². The van der Waals surface area contributed by atoms with Crippen LogP contribution in [0, 0.1) is 6.92 Å². The van der Waals surface area contributed by atoms with Crippen LogP contribution in [-0.4, -0.2) is 60.2 Å². The van der Waals surface area contributed by atoms with Gasteiger partial charge in [-0.1, -0.05) is 36.4 Å². The Morgan fingerprint density at radius 2 is 2.29 bits per heavy atom. The maximum atomic E-state index is 11.9. The van der Waals surface area contributed by atoms with Gasteiger partial charge in [0.2, 0.25) is 5.91 Å². The van der Waals surface area contributed by atoms with Crippen LogP contribution in [-0.2, 0) is 20.9 Å². The van der Waals surface area contributed by atoms with Crippen LogP contribution in [0.2, 0.25) is 0 Å². The van der Waals surface area contributed by atoms with E-state index >= 15 is 0 Å². The Kier molecular flexibility index (Phi) is 4.85. The van der Waals surface area contributed by atoms with Gasteiger partial charge in [0.1, 0.15) is 6.61 Å². The largest absolute Gasteiger partial charge is 0.448 e. The molecule has 24 heavy (non-hydrogen) atoms. The standard InChI is InChI=1S/C18H22N2O4/c1-3-17(21)19-10-15(20-7-8-23-18(20)22)16(11-19)24-12-14-6-4-5-13(2)9-14/h3-6,9,15-16H,1,7-8,10-12H2,2H3/t15-,16-/m1/s1.